The number of carbonyl (C=O) groups excluding carboxylic acids is 1. The fraction of sp³-hybridized carbons (Fsp3) is 0.600. The summed E-state index contributed by atoms with van der Waals surface area (Å²) in [7, 11) is 2.69. The van der Waals surface area contributed by atoms with Crippen LogP contribution in [0, 0.1) is 0 Å². The van der Waals surface area contributed by atoms with Crippen LogP contribution in [0.25, 0.3) is 33.4 Å². The lowest BCUT2D eigenvalue weighted by Crippen LogP contribution is -2.53. The van der Waals surface area contributed by atoms with E-state index in [0.29, 0.717) is 13.3 Å². The van der Waals surface area contributed by atoms with E-state index < -0.39 is 13.7 Å². The number of aryl methyl sites for hydroxylation is 2. The highest BCUT2D eigenvalue weighted by Crippen LogP contribution is 2.40. The molecule has 2 aliphatic rings. The van der Waals surface area contributed by atoms with E-state index in [1.54, 1.807) is 11.0 Å². The molecule has 4 aromatic rings. The predicted molar refractivity (Wildman–Crippen MR) is 191 cm³/mol. The van der Waals surface area contributed by atoms with Gasteiger partial charge in [0.2, 0.25) is 0 Å². The van der Waals surface area contributed by atoms with E-state index in [2.05, 4.69) is 73.0 Å². The highest BCUT2D eigenvalue weighted by Gasteiger charge is 2.46. The van der Waals surface area contributed by atoms with Gasteiger partial charge in [0.15, 0.2) is 5.82 Å². The molecule has 2 fully saturated rings. The molecule has 1 aromatic carbocycles. The molecule has 0 saturated carbocycles. The molecule has 258 valence electrons. The molecule has 5 heterocycles. The minimum Gasteiger partial charge on any atom is -0.444 e. The monoisotopic (exact) mass is 673 g/mol. The zero-order valence-electron chi connectivity index (χ0n) is 30.0. The van der Waals surface area contributed by atoms with Crippen molar-refractivity contribution in [1.29, 1.82) is 0 Å². The Labute approximate surface area is 284 Å². The van der Waals surface area contributed by atoms with Crippen molar-refractivity contribution in [2.75, 3.05) is 18.6 Å². The van der Waals surface area contributed by atoms with E-state index in [4.69, 9.17) is 24.8 Å². The Kier molecular flexibility index (Phi) is 9.38. The molecular formula is C35H51N9O3Si. The number of aromatic nitrogens is 7. The number of benzene rings is 1. The number of carbonyl (C=O) groups is 1. The SMILES string of the molecule is CCc1nn(COCC[Si](C)(C)C)c2c(-c3ccc(N(C)C4C[C@H]5CC[C@@H](C4)N5C(=O)OC(C)(C)C)nn3)ccc(-c3cnn(C)n3)c12. The average molecular weight is 674 g/mol. The number of piperidine rings is 1. The lowest BCUT2D eigenvalue weighted by molar-refractivity contribution is 0.00596. The number of rotatable bonds is 10. The highest BCUT2D eigenvalue weighted by molar-refractivity contribution is 6.76. The van der Waals surface area contributed by atoms with Crippen molar-refractivity contribution < 1.29 is 14.3 Å². The summed E-state index contributed by atoms with van der Waals surface area (Å²) in [6, 6.07) is 10.0. The van der Waals surface area contributed by atoms with Crippen molar-refractivity contribution in [3.63, 3.8) is 0 Å². The Morgan fingerprint density at radius 2 is 1.71 bits per heavy atom. The van der Waals surface area contributed by atoms with Crippen LogP contribution in [0.4, 0.5) is 10.6 Å². The molecule has 48 heavy (non-hydrogen) atoms. The summed E-state index contributed by atoms with van der Waals surface area (Å²) in [5.74, 6) is 0.818. The molecule has 13 heteroatoms. The topological polar surface area (TPSA) is 116 Å². The van der Waals surface area contributed by atoms with Gasteiger partial charge in [-0.3, -0.25) is 0 Å². The highest BCUT2D eigenvalue weighted by atomic mass is 28.3. The van der Waals surface area contributed by atoms with E-state index in [1.165, 1.54) is 0 Å². The maximum atomic E-state index is 13.0. The van der Waals surface area contributed by atoms with Crippen LogP contribution in [-0.4, -0.2) is 91.4 Å². The normalized spacial score (nSPS) is 19.7. The molecule has 0 spiro atoms. The van der Waals surface area contributed by atoms with Crippen molar-refractivity contribution in [3.8, 4) is 22.5 Å². The zero-order valence-corrected chi connectivity index (χ0v) is 31.0. The molecule has 2 saturated heterocycles. The molecule has 2 bridgehead atoms. The van der Waals surface area contributed by atoms with Crippen LogP contribution < -0.4 is 4.90 Å². The van der Waals surface area contributed by atoms with Crippen LogP contribution in [0.3, 0.4) is 0 Å². The van der Waals surface area contributed by atoms with E-state index in [0.717, 1.165) is 83.1 Å². The van der Waals surface area contributed by atoms with Crippen LogP contribution in [0.5, 0.6) is 0 Å². The summed E-state index contributed by atoms with van der Waals surface area (Å²) in [5.41, 5.74) is 4.96. The maximum Gasteiger partial charge on any atom is 0.410 e. The Bertz CT molecular complexity index is 1740. The minimum atomic E-state index is -1.23. The Hall–Kier alpha value is -3.84. The van der Waals surface area contributed by atoms with Crippen LogP contribution in [0.1, 0.15) is 59.1 Å². The minimum absolute atomic E-state index is 0.181. The third-order valence-electron chi connectivity index (χ3n) is 9.53. The summed E-state index contributed by atoms with van der Waals surface area (Å²) >= 11 is 0. The van der Waals surface area contributed by atoms with Crippen molar-refractivity contribution in [1.82, 2.24) is 39.9 Å². The summed E-state index contributed by atoms with van der Waals surface area (Å²) in [4.78, 5) is 18.8. The van der Waals surface area contributed by atoms with Crippen LogP contribution in [-0.2, 0) is 29.7 Å². The molecule has 0 radical (unpaired) electrons. The van der Waals surface area contributed by atoms with Gasteiger partial charge in [-0.15, -0.1) is 10.2 Å². The second-order valence-corrected chi connectivity index (χ2v) is 21.2. The number of ether oxygens (including phenoxy) is 2. The van der Waals surface area contributed by atoms with E-state index in [-0.39, 0.29) is 24.2 Å². The molecule has 0 aliphatic carbocycles. The molecule has 3 atom stereocenters. The first-order chi connectivity index (χ1) is 22.7. The molecule has 6 rings (SSSR count). The molecule has 1 amide bonds. The second-order valence-electron chi connectivity index (χ2n) is 15.5. The Morgan fingerprint density at radius 3 is 2.29 bits per heavy atom. The first kappa shape index (κ1) is 34.0. The van der Waals surface area contributed by atoms with Crippen LogP contribution >= 0.6 is 0 Å². The third-order valence-corrected chi connectivity index (χ3v) is 11.2. The van der Waals surface area contributed by atoms with Gasteiger partial charge in [0.05, 0.1) is 23.1 Å². The number of nitrogens with zero attached hydrogens (tertiary/aromatic N) is 9. The predicted octanol–water partition coefficient (Wildman–Crippen LogP) is 6.53. The van der Waals surface area contributed by atoms with E-state index in [9.17, 15) is 4.79 Å². The first-order valence-corrected chi connectivity index (χ1v) is 21.0. The van der Waals surface area contributed by atoms with Gasteiger partial charge in [-0.2, -0.15) is 20.1 Å². The quantitative estimate of drug-likeness (QED) is 0.137. The Balaban J connectivity index is 1.28. The average Bonchev–Trinajstić information content (AvgIpc) is 3.70. The number of hydrogen-bond donors (Lipinski definition) is 0. The van der Waals surface area contributed by atoms with Crippen molar-refractivity contribution >= 4 is 30.9 Å². The largest absolute Gasteiger partial charge is 0.444 e. The smallest absolute Gasteiger partial charge is 0.410 e. The summed E-state index contributed by atoms with van der Waals surface area (Å²) in [6.45, 7) is 16.0. The summed E-state index contributed by atoms with van der Waals surface area (Å²) in [6.07, 6.45) is 6.16. The fourth-order valence-electron chi connectivity index (χ4n) is 7.08. The molecule has 12 nitrogen and oxygen atoms in total. The number of fused-ring (bicyclic) bond motifs is 3. The van der Waals surface area contributed by atoms with Crippen LogP contribution in [0.15, 0.2) is 30.5 Å². The standard InChI is InChI=1S/C35H51N9O3Si/c1-10-28-32-26(30-21-36-42(6)39-30)13-14-27(33(32)43(40-28)22-46-17-18-48(7,8)9)29-15-16-31(38-37-29)41(5)25-19-23-11-12-24(20-25)44(23)34(45)47-35(2,3)4/h13-16,21,23-25H,10-12,17-20,22H2,1-9H3/t23-,24+,25?. The first-order valence-electron chi connectivity index (χ1n) is 17.3. The van der Waals surface area contributed by atoms with Gasteiger partial charge in [-0.05, 0) is 77.1 Å². The summed E-state index contributed by atoms with van der Waals surface area (Å²) in [5, 5.41) is 24.6. The molecular weight excluding hydrogens is 623 g/mol. The zero-order chi connectivity index (χ0) is 34.4. The Morgan fingerprint density at radius 1 is 1.00 bits per heavy atom. The van der Waals surface area contributed by atoms with Gasteiger partial charge in [0, 0.05) is 63.4 Å². The fourth-order valence-corrected chi connectivity index (χ4v) is 7.83. The number of anilines is 1. The molecule has 2 aliphatic heterocycles. The van der Waals surface area contributed by atoms with Crippen LogP contribution in [0.2, 0.25) is 25.7 Å². The summed E-state index contributed by atoms with van der Waals surface area (Å²) < 4.78 is 13.9. The second kappa shape index (κ2) is 13.2. The van der Waals surface area contributed by atoms with E-state index >= 15 is 0 Å². The molecule has 1 unspecified atom stereocenters. The number of amides is 1. The van der Waals surface area contributed by atoms with Crippen molar-refractivity contribution in [2.24, 2.45) is 7.05 Å². The van der Waals surface area contributed by atoms with E-state index in [1.807, 2.05) is 37.4 Å². The lowest BCUT2D eigenvalue weighted by Gasteiger charge is -2.42. The van der Waals surface area contributed by atoms with Gasteiger partial charge < -0.3 is 19.3 Å². The third kappa shape index (κ3) is 7.12. The van der Waals surface area contributed by atoms with Crippen molar-refractivity contribution in [3.05, 3.63) is 36.2 Å². The molecule has 3 aromatic heterocycles. The van der Waals surface area contributed by atoms with Gasteiger partial charge in [-0.25, -0.2) is 9.48 Å². The molecule has 0 N–H and O–H groups in total. The van der Waals surface area contributed by atoms with Gasteiger partial charge >= 0.3 is 6.09 Å². The van der Waals surface area contributed by atoms with Gasteiger partial charge in [0.25, 0.3) is 0 Å². The van der Waals surface area contributed by atoms with Gasteiger partial charge in [0.1, 0.15) is 18.0 Å². The maximum absolute atomic E-state index is 13.0. The van der Waals surface area contributed by atoms with Gasteiger partial charge in [-0.1, -0.05) is 32.6 Å². The lowest BCUT2D eigenvalue weighted by atomic mass is 9.96. The van der Waals surface area contributed by atoms with Crippen molar-refractivity contribution in [2.45, 2.75) is 116 Å². The number of hydrogen-bond acceptors (Lipinski definition) is 9.